The fourth-order valence-corrected chi connectivity index (χ4v) is 1.74. The third-order valence-electron chi connectivity index (χ3n) is 2.71. The second-order valence-electron chi connectivity index (χ2n) is 4.11. The summed E-state index contributed by atoms with van der Waals surface area (Å²) in [5.41, 5.74) is 1.17. The highest BCUT2D eigenvalue weighted by atomic mass is 16.5. The molecule has 2 heterocycles. The second-order valence-corrected chi connectivity index (χ2v) is 4.11. The summed E-state index contributed by atoms with van der Waals surface area (Å²) < 4.78 is 15.8. The minimum atomic E-state index is 0.605. The highest BCUT2D eigenvalue weighted by molar-refractivity contribution is 5.04. The molecule has 1 atom stereocenters. The van der Waals surface area contributed by atoms with Gasteiger partial charge in [0.15, 0.2) is 0 Å². The molecule has 1 saturated heterocycles. The quantitative estimate of drug-likeness (QED) is 0.713. The van der Waals surface area contributed by atoms with Crippen LogP contribution in [0.2, 0.25) is 0 Å². The lowest BCUT2D eigenvalue weighted by molar-refractivity contribution is 0.0912. The molecule has 1 aromatic rings. The van der Waals surface area contributed by atoms with Crippen molar-refractivity contribution >= 4 is 0 Å². The minimum absolute atomic E-state index is 0.605. The van der Waals surface area contributed by atoms with Gasteiger partial charge in [-0.25, -0.2) is 0 Å². The van der Waals surface area contributed by atoms with Crippen LogP contribution in [0, 0.1) is 5.92 Å². The van der Waals surface area contributed by atoms with E-state index in [1.54, 1.807) is 12.5 Å². The first-order valence-corrected chi connectivity index (χ1v) is 5.82. The van der Waals surface area contributed by atoms with Crippen molar-refractivity contribution in [2.75, 3.05) is 33.0 Å². The van der Waals surface area contributed by atoms with E-state index in [0.29, 0.717) is 5.92 Å². The fourth-order valence-electron chi connectivity index (χ4n) is 1.74. The molecule has 0 saturated carbocycles. The van der Waals surface area contributed by atoms with Crippen LogP contribution in [0.4, 0.5) is 0 Å². The summed E-state index contributed by atoms with van der Waals surface area (Å²) in [5, 5.41) is 3.30. The molecular weight excluding hydrogens is 206 g/mol. The third-order valence-corrected chi connectivity index (χ3v) is 2.71. The van der Waals surface area contributed by atoms with Gasteiger partial charge in [-0.1, -0.05) is 0 Å². The zero-order valence-corrected chi connectivity index (χ0v) is 9.48. The number of hydrogen-bond donors (Lipinski definition) is 1. The van der Waals surface area contributed by atoms with E-state index in [0.717, 1.165) is 45.9 Å². The Labute approximate surface area is 95.9 Å². The van der Waals surface area contributed by atoms with Crippen molar-refractivity contribution in [2.24, 2.45) is 5.92 Å². The van der Waals surface area contributed by atoms with Crippen LogP contribution in [0.25, 0.3) is 0 Å². The molecule has 0 radical (unpaired) electrons. The first kappa shape index (κ1) is 11.6. The highest BCUT2D eigenvalue weighted by Crippen LogP contribution is 2.11. The molecule has 0 bridgehead atoms. The van der Waals surface area contributed by atoms with E-state index in [1.165, 1.54) is 5.56 Å². The maximum absolute atomic E-state index is 5.57. The predicted octanol–water partition coefficient (Wildman–Crippen LogP) is 1.42. The molecule has 1 unspecified atom stereocenters. The van der Waals surface area contributed by atoms with Gasteiger partial charge in [-0.3, -0.25) is 0 Å². The number of hydrogen-bond acceptors (Lipinski definition) is 4. The first-order valence-electron chi connectivity index (χ1n) is 5.82. The van der Waals surface area contributed by atoms with Gasteiger partial charge < -0.3 is 19.2 Å². The average Bonchev–Trinajstić information content (AvgIpc) is 2.96. The van der Waals surface area contributed by atoms with Crippen molar-refractivity contribution in [3.05, 3.63) is 24.2 Å². The maximum atomic E-state index is 5.57. The fraction of sp³-hybridized carbons (Fsp3) is 0.667. The normalized spacial score (nSPS) is 20.4. The molecule has 1 aliphatic heterocycles. The summed E-state index contributed by atoms with van der Waals surface area (Å²) in [5.74, 6) is 0.605. The van der Waals surface area contributed by atoms with Gasteiger partial charge >= 0.3 is 0 Å². The molecule has 0 aliphatic carbocycles. The van der Waals surface area contributed by atoms with Crippen molar-refractivity contribution in [2.45, 2.75) is 13.0 Å². The van der Waals surface area contributed by atoms with Crippen LogP contribution in [0.1, 0.15) is 12.0 Å². The molecule has 1 fully saturated rings. The maximum Gasteiger partial charge on any atom is 0.0947 e. The Morgan fingerprint density at radius 3 is 3.25 bits per heavy atom. The molecular formula is C12H19NO3. The van der Waals surface area contributed by atoms with E-state index in [2.05, 4.69) is 5.32 Å². The Kier molecular flexibility index (Phi) is 4.86. The molecule has 1 aromatic heterocycles. The van der Waals surface area contributed by atoms with Crippen LogP contribution >= 0.6 is 0 Å². The Bertz CT molecular complexity index is 268. The third kappa shape index (κ3) is 3.96. The lowest BCUT2D eigenvalue weighted by Crippen LogP contribution is -2.20. The van der Waals surface area contributed by atoms with Crippen molar-refractivity contribution in [3.63, 3.8) is 0 Å². The summed E-state index contributed by atoms with van der Waals surface area (Å²) in [6.45, 7) is 5.06. The lowest BCUT2D eigenvalue weighted by Gasteiger charge is -2.08. The highest BCUT2D eigenvalue weighted by Gasteiger charge is 2.14. The van der Waals surface area contributed by atoms with Crippen molar-refractivity contribution in [3.8, 4) is 0 Å². The molecule has 0 amide bonds. The summed E-state index contributed by atoms with van der Waals surface area (Å²) in [7, 11) is 0. The summed E-state index contributed by atoms with van der Waals surface area (Å²) in [6, 6.07) is 1.96. The number of nitrogens with one attached hydrogen (secondary N) is 1. The van der Waals surface area contributed by atoms with Gasteiger partial charge in [-0.05, 0) is 12.5 Å². The number of furan rings is 1. The van der Waals surface area contributed by atoms with E-state index < -0.39 is 0 Å². The topological polar surface area (TPSA) is 43.6 Å². The zero-order chi connectivity index (χ0) is 11.1. The van der Waals surface area contributed by atoms with Gasteiger partial charge in [0.25, 0.3) is 0 Å². The molecule has 16 heavy (non-hydrogen) atoms. The van der Waals surface area contributed by atoms with Gasteiger partial charge in [0, 0.05) is 31.2 Å². The van der Waals surface area contributed by atoms with Gasteiger partial charge in [0.2, 0.25) is 0 Å². The summed E-state index contributed by atoms with van der Waals surface area (Å²) in [6.07, 6.45) is 4.58. The molecule has 0 spiro atoms. The summed E-state index contributed by atoms with van der Waals surface area (Å²) >= 11 is 0. The van der Waals surface area contributed by atoms with Gasteiger partial charge in [0.05, 0.1) is 32.3 Å². The molecule has 2 rings (SSSR count). The smallest absolute Gasteiger partial charge is 0.0947 e. The van der Waals surface area contributed by atoms with Gasteiger partial charge in [0.1, 0.15) is 0 Å². The standard InChI is InChI=1S/C12H19NO3/c1-4-14-8-11(1)7-13-3-6-16-10-12-2-5-15-9-12/h1,4,8,12-13H,2-3,5-7,9-10H2. The van der Waals surface area contributed by atoms with E-state index in [-0.39, 0.29) is 0 Å². The number of rotatable bonds is 7. The molecule has 1 N–H and O–H groups in total. The largest absolute Gasteiger partial charge is 0.472 e. The van der Waals surface area contributed by atoms with Crippen LogP contribution in [0.5, 0.6) is 0 Å². The Hall–Kier alpha value is -0.840. The van der Waals surface area contributed by atoms with E-state index in [9.17, 15) is 0 Å². The SMILES string of the molecule is c1cc(CNCCOCC2CCOC2)co1. The van der Waals surface area contributed by atoms with E-state index in [1.807, 2.05) is 6.07 Å². The van der Waals surface area contributed by atoms with E-state index >= 15 is 0 Å². The molecule has 1 aliphatic rings. The van der Waals surface area contributed by atoms with Gasteiger partial charge in [-0.2, -0.15) is 0 Å². The summed E-state index contributed by atoms with van der Waals surface area (Å²) in [4.78, 5) is 0. The Balaban J connectivity index is 1.43. The van der Waals surface area contributed by atoms with Crippen molar-refractivity contribution in [1.82, 2.24) is 5.32 Å². The molecule has 0 aromatic carbocycles. The van der Waals surface area contributed by atoms with Gasteiger partial charge in [-0.15, -0.1) is 0 Å². The minimum Gasteiger partial charge on any atom is -0.472 e. The monoisotopic (exact) mass is 225 g/mol. The van der Waals surface area contributed by atoms with E-state index in [4.69, 9.17) is 13.9 Å². The predicted molar refractivity (Wildman–Crippen MR) is 60.2 cm³/mol. The van der Waals surface area contributed by atoms with Crippen molar-refractivity contribution in [1.29, 1.82) is 0 Å². The van der Waals surface area contributed by atoms with Crippen LogP contribution in [0.15, 0.2) is 23.0 Å². The Morgan fingerprint density at radius 1 is 1.50 bits per heavy atom. The Morgan fingerprint density at radius 2 is 2.50 bits per heavy atom. The second kappa shape index (κ2) is 6.68. The van der Waals surface area contributed by atoms with Crippen LogP contribution in [-0.2, 0) is 16.0 Å². The average molecular weight is 225 g/mol. The molecule has 4 heteroatoms. The number of ether oxygens (including phenoxy) is 2. The lowest BCUT2D eigenvalue weighted by atomic mass is 10.1. The van der Waals surface area contributed by atoms with Crippen LogP contribution in [0.3, 0.4) is 0 Å². The molecule has 90 valence electrons. The first-order chi connectivity index (χ1) is 7.95. The van der Waals surface area contributed by atoms with Crippen LogP contribution < -0.4 is 5.32 Å². The zero-order valence-electron chi connectivity index (χ0n) is 9.48. The van der Waals surface area contributed by atoms with Crippen molar-refractivity contribution < 1.29 is 13.9 Å². The van der Waals surface area contributed by atoms with Crippen LogP contribution in [-0.4, -0.2) is 33.0 Å². The molecule has 4 nitrogen and oxygen atoms in total.